The molecule has 1 amide bonds. The summed E-state index contributed by atoms with van der Waals surface area (Å²) in [5.41, 5.74) is 1.62. The summed E-state index contributed by atoms with van der Waals surface area (Å²) in [5.74, 6) is 1.23. The number of hydrogen-bond donors (Lipinski definition) is 0. The highest BCUT2D eigenvalue weighted by Crippen LogP contribution is 2.43. The van der Waals surface area contributed by atoms with E-state index in [1.54, 1.807) is 13.3 Å². The predicted octanol–water partition coefficient (Wildman–Crippen LogP) is 1.56. The van der Waals surface area contributed by atoms with E-state index in [1.807, 2.05) is 18.7 Å². The van der Waals surface area contributed by atoms with Crippen molar-refractivity contribution in [3.63, 3.8) is 0 Å². The van der Waals surface area contributed by atoms with Crippen LogP contribution in [0.2, 0.25) is 0 Å². The molecule has 0 aromatic carbocycles. The lowest BCUT2D eigenvalue weighted by Crippen LogP contribution is -2.56. The van der Waals surface area contributed by atoms with Crippen LogP contribution in [0.15, 0.2) is 6.20 Å². The molecule has 2 fully saturated rings. The largest absolute Gasteiger partial charge is 0.384 e. The normalized spacial score (nSPS) is 20.3. The fourth-order valence-corrected chi connectivity index (χ4v) is 3.58. The van der Waals surface area contributed by atoms with E-state index in [0.717, 1.165) is 62.6 Å². The first kappa shape index (κ1) is 16.2. The molecule has 1 saturated heterocycles. The van der Waals surface area contributed by atoms with Gasteiger partial charge in [-0.15, -0.1) is 0 Å². The lowest BCUT2D eigenvalue weighted by Gasteiger charge is -2.45. The van der Waals surface area contributed by atoms with Crippen molar-refractivity contribution in [2.75, 3.05) is 44.8 Å². The van der Waals surface area contributed by atoms with Crippen LogP contribution in [0.1, 0.15) is 30.7 Å². The summed E-state index contributed by atoms with van der Waals surface area (Å²) in [5, 5.41) is 0. The average Bonchev–Trinajstić information content (AvgIpc) is 2.53. The van der Waals surface area contributed by atoms with Gasteiger partial charge in [0.15, 0.2) is 0 Å². The number of aryl methyl sites for hydroxylation is 2. The van der Waals surface area contributed by atoms with Gasteiger partial charge in [0.2, 0.25) is 5.91 Å². The van der Waals surface area contributed by atoms with Gasteiger partial charge in [-0.1, -0.05) is 6.42 Å². The minimum atomic E-state index is -0.254. The lowest BCUT2D eigenvalue weighted by atomic mass is 9.68. The van der Waals surface area contributed by atoms with E-state index in [9.17, 15) is 4.79 Å². The minimum absolute atomic E-state index is 0.254. The van der Waals surface area contributed by atoms with E-state index in [1.165, 1.54) is 0 Å². The second kappa shape index (κ2) is 6.43. The standard InChI is InChI=1S/C17H26N4O2/c1-13-11-18-14(2)15(19-13)20-7-9-21(10-8-20)16(22)17(12-23-3)5-4-6-17/h11H,4-10,12H2,1-3H3. The molecule has 6 nitrogen and oxygen atoms in total. The zero-order chi connectivity index (χ0) is 16.4. The van der Waals surface area contributed by atoms with Gasteiger partial charge >= 0.3 is 0 Å². The van der Waals surface area contributed by atoms with Crippen molar-refractivity contribution in [2.24, 2.45) is 5.41 Å². The minimum Gasteiger partial charge on any atom is -0.384 e. The van der Waals surface area contributed by atoms with Gasteiger partial charge in [-0.25, -0.2) is 4.98 Å². The Morgan fingerprint density at radius 1 is 1.26 bits per heavy atom. The van der Waals surface area contributed by atoms with E-state index in [4.69, 9.17) is 4.74 Å². The van der Waals surface area contributed by atoms with Crippen LogP contribution < -0.4 is 4.90 Å². The topological polar surface area (TPSA) is 58.6 Å². The molecule has 2 heterocycles. The number of methoxy groups -OCH3 is 1. The Labute approximate surface area is 137 Å². The molecule has 6 heteroatoms. The fraction of sp³-hybridized carbons (Fsp3) is 0.706. The Kier molecular flexibility index (Phi) is 4.53. The van der Waals surface area contributed by atoms with Crippen LogP contribution in [0.25, 0.3) is 0 Å². The van der Waals surface area contributed by atoms with Crippen molar-refractivity contribution in [2.45, 2.75) is 33.1 Å². The van der Waals surface area contributed by atoms with Gasteiger partial charge in [-0.3, -0.25) is 9.78 Å². The van der Waals surface area contributed by atoms with Gasteiger partial charge in [0.05, 0.1) is 23.4 Å². The van der Waals surface area contributed by atoms with Crippen LogP contribution in [-0.2, 0) is 9.53 Å². The molecule has 1 aliphatic heterocycles. The SMILES string of the molecule is COCC1(C(=O)N2CCN(c3nc(C)cnc3C)CC2)CCC1. The number of anilines is 1. The first-order valence-electron chi connectivity index (χ1n) is 8.39. The van der Waals surface area contributed by atoms with Crippen LogP contribution in [0.3, 0.4) is 0 Å². The summed E-state index contributed by atoms with van der Waals surface area (Å²) in [4.78, 5) is 26.1. The molecular formula is C17H26N4O2. The summed E-state index contributed by atoms with van der Waals surface area (Å²) in [6, 6.07) is 0. The first-order valence-corrected chi connectivity index (χ1v) is 8.39. The average molecular weight is 318 g/mol. The number of carbonyl (C=O) groups excluding carboxylic acids is 1. The van der Waals surface area contributed by atoms with Crippen LogP contribution in [0, 0.1) is 19.3 Å². The summed E-state index contributed by atoms with van der Waals surface area (Å²) >= 11 is 0. The van der Waals surface area contributed by atoms with E-state index >= 15 is 0 Å². The van der Waals surface area contributed by atoms with E-state index < -0.39 is 0 Å². The van der Waals surface area contributed by atoms with Gasteiger partial charge in [0, 0.05) is 39.5 Å². The monoisotopic (exact) mass is 318 g/mol. The fourth-order valence-electron chi connectivity index (χ4n) is 3.58. The number of hydrogen-bond acceptors (Lipinski definition) is 5. The maximum absolute atomic E-state index is 12.9. The number of ether oxygens (including phenoxy) is 1. The molecule has 2 aliphatic rings. The maximum Gasteiger partial charge on any atom is 0.231 e. The second-order valence-electron chi connectivity index (χ2n) is 6.77. The van der Waals surface area contributed by atoms with Crippen molar-refractivity contribution in [3.8, 4) is 0 Å². The van der Waals surface area contributed by atoms with Crippen LogP contribution in [0.4, 0.5) is 5.82 Å². The third-order valence-electron chi connectivity index (χ3n) is 5.10. The van der Waals surface area contributed by atoms with E-state index in [2.05, 4.69) is 14.9 Å². The zero-order valence-corrected chi connectivity index (χ0v) is 14.3. The summed E-state index contributed by atoms with van der Waals surface area (Å²) < 4.78 is 5.30. The zero-order valence-electron chi connectivity index (χ0n) is 14.3. The number of piperazine rings is 1. The molecule has 23 heavy (non-hydrogen) atoms. The summed E-state index contributed by atoms with van der Waals surface area (Å²) in [6.07, 6.45) is 4.85. The molecule has 126 valence electrons. The molecule has 1 aliphatic carbocycles. The molecule has 1 aromatic rings. The Hall–Kier alpha value is -1.69. The first-order chi connectivity index (χ1) is 11.1. The number of nitrogens with zero attached hydrogens (tertiary/aromatic N) is 4. The van der Waals surface area contributed by atoms with Crippen molar-refractivity contribution in [1.82, 2.24) is 14.9 Å². The van der Waals surface area contributed by atoms with Gasteiger partial charge in [-0.2, -0.15) is 0 Å². The Morgan fingerprint density at radius 3 is 2.52 bits per heavy atom. The molecular weight excluding hydrogens is 292 g/mol. The van der Waals surface area contributed by atoms with Gasteiger partial charge in [-0.05, 0) is 26.7 Å². The van der Waals surface area contributed by atoms with E-state index in [-0.39, 0.29) is 11.3 Å². The summed E-state index contributed by atoms with van der Waals surface area (Å²) in [7, 11) is 1.68. The number of carbonyl (C=O) groups is 1. The van der Waals surface area contributed by atoms with E-state index in [0.29, 0.717) is 6.61 Å². The van der Waals surface area contributed by atoms with Crippen LogP contribution in [-0.4, -0.2) is 60.7 Å². The molecule has 1 aromatic heterocycles. The van der Waals surface area contributed by atoms with Gasteiger partial charge < -0.3 is 14.5 Å². The molecule has 1 saturated carbocycles. The third kappa shape index (κ3) is 3.04. The van der Waals surface area contributed by atoms with Crippen molar-refractivity contribution in [3.05, 3.63) is 17.6 Å². The number of aromatic nitrogens is 2. The molecule has 0 bridgehead atoms. The van der Waals surface area contributed by atoms with Crippen LogP contribution >= 0.6 is 0 Å². The second-order valence-corrected chi connectivity index (χ2v) is 6.77. The lowest BCUT2D eigenvalue weighted by molar-refractivity contribution is -0.152. The highest BCUT2D eigenvalue weighted by molar-refractivity contribution is 5.84. The third-order valence-corrected chi connectivity index (χ3v) is 5.10. The molecule has 0 atom stereocenters. The Bertz CT molecular complexity index is 578. The molecule has 3 rings (SSSR count). The molecule has 0 spiro atoms. The maximum atomic E-state index is 12.9. The Morgan fingerprint density at radius 2 is 1.96 bits per heavy atom. The number of rotatable bonds is 4. The smallest absolute Gasteiger partial charge is 0.231 e. The molecule has 0 N–H and O–H groups in total. The van der Waals surface area contributed by atoms with Crippen molar-refractivity contribution >= 4 is 11.7 Å². The predicted molar refractivity (Wildman–Crippen MR) is 88.5 cm³/mol. The van der Waals surface area contributed by atoms with Crippen molar-refractivity contribution in [1.29, 1.82) is 0 Å². The van der Waals surface area contributed by atoms with Gasteiger partial charge in [0.25, 0.3) is 0 Å². The molecule has 0 radical (unpaired) electrons. The van der Waals surface area contributed by atoms with Crippen molar-refractivity contribution < 1.29 is 9.53 Å². The van der Waals surface area contributed by atoms with Gasteiger partial charge in [0.1, 0.15) is 5.82 Å². The molecule has 0 unspecified atom stereocenters. The highest BCUT2D eigenvalue weighted by atomic mass is 16.5. The summed E-state index contributed by atoms with van der Waals surface area (Å²) in [6.45, 7) is 7.62. The quantitative estimate of drug-likeness (QED) is 0.843. The highest BCUT2D eigenvalue weighted by Gasteiger charge is 2.46. The Balaban J connectivity index is 1.64. The van der Waals surface area contributed by atoms with Crippen LogP contribution in [0.5, 0.6) is 0 Å². The number of amides is 1.